The van der Waals surface area contributed by atoms with Gasteiger partial charge in [0.05, 0.1) is 17.1 Å². The number of rotatable bonds is 6. The number of hydrogen-bond donors (Lipinski definition) is 2. The number of nitrogens with zero attached hydrogens (tertiary/aromatic N) is 5. The van der Waals surface area contributed by atoms with Crippen molar-refractivity contribution in [1.82, 2.24) is 20.2 Å². The van der Waals surface area contributed by atoms with Crippen LogP contribution in [0.25, 0.3) is 22.0 Å². The number of amides is 1. The van der Waals surface area contributed by atoms with Crippen molar-refractivity contribution in [3.63, 3.8) is 0 Å². The van der Waals surface area contributed by atoms with Crippen molar-refractivity contribution in [3.8, 4) is 11.1 Å². The first-order valence-electron chi connectivity index (χ1n) is 13.4. The molecule has 8 nitrogen and oxygen atoms in total. The average molecular weight is 532 g/mol. The van der Waals surface area contributed by atoms with E-state index in [1.807, 2.05) is 48.8 Å². The number of nitrogens with one attached hydrogen (secondary N) is 2. The third kappa shape index (κ3) is 4.66. The topological polar surface area (TPSA) is 90.0 Å². The largest absolute Gasteiger partial charge is 0.368 e. The fraction of sp³-hybridized carbons (Fsp3) is 0.250. The van der Waals surface area contributed by atoms with E-state index in [2.05, 4.69) is 71.7 Å². The summed E-state index contributed by atoms with van der Waals surface area (Å²) in [6, 6.07) is 24.6. The molecule has 0 atom stereocenters. The zero-order valence-electron chi connectivity index (χ0n) is 21.5. The molecular formula is C32H33N7O. The van der Waals surface area contributed by atoms with Crippen LogP contribution in [0.2, 0.25) is 0 Å². The van der Waals surface area contributed by atoms with Crippen molar-refractivity contribution < 1.29 is 4.79 Å². The quantitative estimate of drug-likeness (QED) is 0.294. The zero-order chi connectivity index (χ0) is 26.2. The van der Waals surface area contributed by atoms with Crippen LogP contribution in [0.15, 0.2) is 91.5 Å². The van der Waals surface area contributed by atoms with Gasteiger partial charge in [-0.25, -0.2) is 9.97 Å². The second-order valence-electron chi connectivity index (χ2n) is 10.3. The predicted molar refractivity (Wildman–Crippen MR) is 161 cm³/mol. The fourth-order valence-corrected chi connectivity index (χ4v) is 5.62. The van der Waals surface area contributed by atoms with Gasteiger partial charge in [-0.1, -0.05) is 49.9 Å². The number of fused-ring (bicyclic) bond motifs is 1. The van der Waals surface area contributed by atoms with Gasteiger partial charge in [0.2, 0.25) is 5.91 Å². The number of hydrogen-bond acceptors (Lipinski definition) is 6. The van der Waals surface area contributed by atoms with Crippen molar-refractivity contribution >= 4 is 34.0 Å². The Hall–Kier alpha value is -4.72. The molecule has 7 rings (SSSR count). The van der Waals surface area contributed by atoms with Crippen LogP contribution >= 0.6 is 0 Å². The highest BCUT2D eigenvalue weighted by molar-refractivity contribution is 6.01. The van der Waals surface area contributed by atoms with E-state index in [9.17, 15) is 4.79 Å². The van der Waals surface area contributed by atoms with E-state index in [4.69, 9.17) is 0 Å². The molecule has 3 aromatic carbocycles. The SMILES string of the molecule is C.O=C(Nc1cccc(N2CCN(c3ncnc4ccc(-c5cn[nH]c5)cc34)CC2)c1)C1(c2ccccc2)CC1. The highest BCUT2D eigenvalue weighted by atomic mass is 16.2. The summed E-state index contributed by atoms with van der Waals surface area (Å²) < 4.78 is 0. The first-order chi connectivity index (χ1) is 19.2. The van der Waals surface area contributed by atoms with Crippen molar-refractivity contribution in [3.05, 3.63) is 97.1 Å². The molecule has 202 valence electrons. The van der Waals surface area contributed by atoms with Crippen molar-refractivity contribution in [1.29, 1.82) is 0 Å². The molecule has 0 spiro atoms. The van der Waals surface area contributed by atoms with Crippen LogP contribution in [0.4, 0.5) is 17.2 Å². The Morgan fingerprint density at radius 2 is 1.65 bits per heavy atom. The van der Waals surface area contributed by atoms with Gasteiger partial charge in [0, 0.05) is 54.7 Å². The van der Waals surface area contributed by atoms with Crippen molar-refractivity contribution in [2.24, 2.45) is 0 Å². The number of anilines is 3. The number of benzene rings is 3. The number of aromatic amines is 1. The summed E-state index contributed by atoms with van der Waals surface area (Å²) in [5.41, 5.74) is 5.74. The van der Waals surface area contributed by atoms with Crippen LogP contribution in [0.1, 0.15) is 25.8 Å². The van der Waals surface area contributed by atoms with Gasteiger partial charge in [-0.05, 0) is 54.3 Å². The van der Waals surface area contributed by atoms with Crippen LogP contribution in [-0.2, 0) is 10.2 Å². The molecule has 2 aliphatic rings. The summed E-state index contributed by atoms with van der Waals surface area (Å²) in [5, 5.41) is 11.2. The van der Waals surface area contributed by atoms with Gasteiger partial charge < -0.3 is 15.1 Å². The molecule has 0 bridgehead atoms. The van der Waals surface area contributed by atoms with E-state index in [-0.39, 0.29) is 18.7 Å². The van der Waals surface area contributed by atoms with E-state index in [1.165, 1.54) is 0 Å². The van der Waals surface area contributed by atoms with Crippen LogP contribution < -0.4 is 15.1 Å². The van der Waals surface area contributed by atoms with Crippen molar-refractivity contribution in [2.75, 3.05) is 41.3 Å². The minimum absolute atomic E-state index is 0. The Balaban J connectivity index is 0.00000289. The average Bonchev–Trinajstić information content (AvgIpc) is 3.63. The van der Waals surface area contributed by atoms with Crippen molar-refractivity contribution in [2.45, 2.75) is 25.7 Å². The first-order valence-corrected chi connectivity index (χ1v) is 13.4. The van der Waals surface area contributed by atoms with E-state index in [0.717, 1.165) is 83.8 Å². The second kappa shape index (κ2) is 10.4. The smallest absolute Gasteiger partial charge is 0.235 e. The Kier molecular flexibility index (Phi) is 6.67. The molecule has 40 heavy (non-hydrogen) atoms. The lowest BCUT2D eigenvalue weighted by Crippen LogP contribution is -2.47. The molecule has 1 amide bonds. The minimum atomic E-state index is -0.388. The molecule has 1 saturated carbocycles. The predicted octanol–water partition coefficient (Wildman–Crippen LogP) is 5.65. The lowest BCUT2D eigenvalue weighted by molar-refractivity contribution is -0.118. The zero-order valence-corrected chi connectivity index (χ0v) is 21.5. The molecular weight excluding hydrogens is 498 g/mol. The van der Waals surface area contributed by atoms with Gasteiger partial charge in [-0.15, -0.1) is 0 Å². The maximum atomic E-state index is 13.2. The van der Waals surface area contributed by atoms with Crippen LogP contribution in [0.5, 0.6) is 0 Å². The highest BCUT2D eigenvalue weighted by Crippen LogP contribution is 2.49. The molecule has 1 aliphatic heterocycles. The minimum Gasteiger partial charge on any atom is -0.368 e. The van der Waals surface area contributed by atoms with E-state index >= 15 is 0 Å². The third-order valence-electron chi connectivity index (χ3n) is 8.01. The Bertz CT molecular complexity index is 1620. The summed E-state index contributed by atoms with van der Waals surface area (Å²) in [6.07, 6.45) is 7.16. The molecule has 2 fully saturated rings. The lowest BCUT2D eigenvalue weighted by Gasteiger charge is -2.37. The van der Waals surface area contributed by atoms with Crippen LogP contribution in [-0.4, -0.2) is 52.3 Å². The van der Waals surface area contributed by atoms with Gasteiger partial charge in [0.1, 0.15) is 12.1 Å². The molecule has 8 heteroatoms. The van der Waals surface area contributed by atoms with Gasteiger partial charge in [0.15, 0.2) is 0 Å². The molecule has 2 N–H and O–H groups in total. The Morgan fingerprint density at radius 3 is 2.40 bits per heavy atom. The highest BCUT2D eigenvalue weighted by Gasteiger charge is 2.51. The first kappa shape index (κ1) is 25.6. The number of carbonyl (C=O) groups excluding carboxylic acids is 1. The van der Waals surface area contributed by atoms with Crippen LogP contribution in [0.3, 0.4) is 0 Å². The van der Waals surface area contributed by atoms with Crippen LogP contribution in [0, 0.1) is 0 Å². The molecule has 0 radical (unpaired) electrons. The maximum Gasteiger partial charge on any atom is 0.235 e. The van der Waals surface area contributed by atoms with Gasteiger partial charge in [0.25, 0.3) is 0 Å². The molecule has 3 heterocycles. The second-order valence-corrected chi connectivity index (χ2v) is 10.3. The number of aromatic nitrogens is 4. The summed E-state index contributed by atoms with van der Waals surface area (Å²) in [5.74, 6) is 1.04. The summed E-state index contributed by atoms with van der Waals surface area (Å²) >= 11 is 0. The Morgan fingerprint density at radius 1 is 0.850 bits per heavy atom. The molecule has 0 unspecified atom stereocenters. The Labute approximate surface area is 234 Å². The number of piperazine rings is 1. The fourth-order valence-electron chi connectivity index (χ4n) is 5.62. The monoisotopic (exact) mass is 531 g/mol. The normalized spacial score (nSPS) is 15.9. The van der Waals surface area contributed by atoms with E-state index < -0.39 is 0 Å². The van der Waals surface area contributed by atoms with Gasteiger partial charge in [-0.3, -0.25) is 9.89 Å². The molecule has 5 aromatic rings. The summed E-state index contributed by atoms with van der Waals surface area (Å²) in [4.78, 5) is 27.1. The third-order valence-corrected chi connectivity index (χ3v) is 8.01. The molecule has 1 aliphatic carbocycles. The summed E-state index contributed by atoms with van der Waals surface area (Å²) in [6.45, 7) is 3.40. The molecule has 1 saturated heterocycles. The van der Waals surface area contributed by atoms with Gasteiger partial charge >= 0.3 is 0 Å². The van der Waals surface area contributed by atoms with Gasteiger partial charge in [-0.2, -0.15) is 5.10 Å². The molecule has 2 aromatic heterocycles. The summed E-state index contributed by atoms with van der Waals surface area (Å²) in [7, 11) is 0. The lowest BCUT2D eigenvalue weighted by atomic mass is 9.95. The number of H-pyrrole nitrogens is 1. The standard InChI is InChI=1S/C31H29N7O.CH4/c39-30(31(11-12-31)24-5-2-1-3-6-24)36-25-7-4-8-26(18-25)37-13-15-38(16-14-37)29-27-17-22(23-19-34-35-20-23)9-10-28(27)32-21-33-29;/h1-10,17-21H,11-16H2,(H,34,35)(H,36,39);1H4. The van der Waals surface area contributed by atoms with E-state index in [1.54, 1.807) is 6.33 Å². The number of carbonyl (C=O) groups is 1. The maximum absolute atomic E-state index is 13.2. The van der Waals surface area contributed by atoms with E-state index in [0.29, 0.717) is 0 Å².